The molecule has 132 valence electrons. The quantitative estimate of drug-likeness (QED) is 0.912. The monoisotopic (exact) mass is 339 g/mol. The lowest BCUT2D eigenvalue weighted by Gasteiger charge is -2.38. The van der Waals surface area contributed by atoms with Crippen molar-refractivity contribution in [1.82, 2.24) is 5.32 Å². The number of hydrogen-bond donors (Lipinski definition) is 1. The van der Waals surface area contributed by atoms with Gasteiger partial charge >= 0.3 is 0 Å². The van der Waals surface area contributed by atoms with Crippen LogP contribution in [0, 0.1) is 13.8 Å². The average Bonchev–Trinajstić information content (AvgIpc) is 2.53. The Morgan fingerprint density at radius 3 is 2.72 bits per heavy atom. The Labute approximate surface area is 149 Å². The van der Waals surface area contributed by atoms with E-state index in [9.17, 15) is 4.79 Å². The predicted octanol–water partition coefficient (Wildman–Crippen LogP) is 4.10. The topological polar surface area (TPSA) is 47.6 Å². The maximum absolute atomic E-state index is 12.4. The van der Waals surface area contributed by atoms with E-state index in [4.69, 9.17) is 9.47 Å². The summed E-state index contributed by atoms with van der Waals surface area (Å²) in [6.07, 6.45) is 0.722. The molecule has 0 saturated heterocycles. The molecule has 1 atom stereocenters. The Kier molecular flexibility index (Phi) is 4.71. The highest BCUT2D eigenvalue weighted by Gasteiger charge is 2.34. The third kappa shape index (κ3) is 4.32. The summed E-state index contributed by atoms with van der Waals surface area (Å²) in [6.45, 7) is 8.12. The van der Waals surface area contributed by atoms with Crippen molar-refractivity contribution in [2.45, 2.75) is 45.8 Å². The number of benzene rings is 2. The third-order valence-corrected chi connectivity index (χ3v) is 4.32. The molecule has 0 fully saturated rings. The molecule has 0 aliphatic carbocycles. The number of carbonyl (C=O) groups excluding carboxylic acids is 1. The maximum atomic E-state index is 12.4. The first-order valence-corrected chi connectivity index (χ1v) is 8.61. The van der Waals surface area contributed by atoms with Crippen LogP contribution in [0.5, 0.6) is 11.5 Å². The van der Waals surface area contributed by atoms with Crippen LogP contribution in [0.2, 0.25) is 0 Å². The predicted molar refractivity (Wildman–Crippen MR) is 98.1 cm³/mol. The van der Waals surface area contributed by atoms with Crippen molar-refractivity contribution in [1.29, 1.82) is 0 Å². The highest BCUT2D eigenvalue weighted by molar-refractivity contribution is 5.78. The van der Waals surface area contributed by atoms with Gasteiger partial charge in [-0.15, -0.1) is 0 Å². The van der Waals surface area contributed by atoms with Gasteiger partial charge in [0.1, 0.15) is 17.1 Å². The van der Waals surface area contributed by atoms with E-state index in [1.165, 1.54) is 0 Å². The van der Waals surface area contributed by atoms with Crippen LogP contribution in [-0.4, -0.2) is 18.1 Å². The maximum Gasteiger partial charge on any atom is 0.258 e. The fourth-order valence-corrected chi connectivity index (χ4v) is 3.19. The zero-order chi connectivity index (χ0) is 18.0. The summed E-state index contributed by atoms with van der Waals surface area (Å²) < 4.78 is 11.7. The van der Waals surface area contributed by atoms with Crippen LogP contribution in [0.25, 0.3) is 0 Å². The van der Waals surface area contributed by atoms with Crippen LogP contribution in [0.4, 0.5) is 0 Å². The molecule has 0 aromatic heterocycles. The van der Waals surface area contributed by atoms with E-state index in [-0.39, 0.29) is 24.2 Å². The molecular weight excluding hydrogens is 314 g/mol. The standard InChI is InChI=1S/C21H25NO3/c1-14-6-5-7-16(10-14)24-13-20(23)22-18-12-21(3,4)25-19-9-8-15(2)11-17(18)19/h5-11,18H,12-13H2,1-4H3,(H,22,23)/t18-/m0/s1. The summed E-state index contributed by atoms with van der Waals surface area (Å²) in [6, 6.07) is 13.7. The summed E-state index contributed by atoms with van der Waals surface area (Å²) in [5.41, 5.74) is 2.96. The first-order valence-electron chi connectivity index (χ1n) is 8.61. The van der Waals surface area contributed by atoms with Gasteiger partial charge in [-0.2, -0.15) is 0 Å². The summed E-state index contributed by atoms with van der Waals surface area (Å²) >= 11 is 0. The lowest BCUT2D eigenvalue weighted by atomic mass is 9.89. The smallest absolute Gasteiger partial charge is 0.258 e. The summed E-state index contributed by atoms with van der Waals surface area (Å²) in [4.78, 5) is 12.4. The van der Waals surface area contributed by atoms with E-state index in [0.717, 1.165) is 28.9 Å². The first-order chi connectivity index (χ1) is 11.8. The van der Waals surface area contributed by atoms with Crippen molar-refractivity contribution in [3.05, 3.63) is 59.2 Å². The molecule has 2 aromatic carbocycles. The zero-order valence-corrected chi connectivity index (χ0v) is 15.3. The van der Waals surface area contributed by atoms with Gasteiger partial charge in [0, 0.05) is 12.0 Å². The van der Waals surface area contributed by atoms with E-state index in [0.29, 0.717) is 5.75 Å². The Balaban J connectivity index is 1.69. The van der Waals surface area contributed by atoms with Gasteiger partial charge in [0.05, 0.1) is 6.04 Å². The Morgan fingerprint density at radius 2 is 1.96 bits per heavy atom. The fourth-order valence-electron chi connectivity index (χ4n) is 3.19. The van der Waals surface area contributed by atoms with Gasteiger partial charge in [0.2, 0.25) is 0 Å². The largest absolute Gasteiger partial charge is 0.487 e. The van der Waals surface area contributed by atoms with Crippen molar-refractivity contribution >= 4 is 5.91 Å². The molecule has 0 saturated carbocycles. The first kappa shape index (κ1) is 17.3. The Bertz CT molecular complexity index is 782. The summed E-state index contributed by atoms with van der Waals surface area (Å²) in [7, 11) is 0. The highest BCUT2D eigenvalue weighted by Crippen LogP contribution is 2.39. The van der Waals surface area contributed by atoms with Gasteiger partial charge in [-0.05, 0) is 51.5 Å². The van der Waals surface area contributed by atoms with Crippen LogP contribution in [0.1, 0.15) is 43.0 Å². The molecule has 0 radical (unpaired) electrons. The second kappa shape index (κ2) is 6.79. The Hall–Kier alpha value is -2.49. The van der Waals surface area contributed by atoms with Crippen LogP contribution >= 0.6 is 0 Å². The molecule has 1 heterocycles. The van der Waals surface area contributed by atoms with Crippen molar-refractivity contribution in [3.63, 3.8) is 0 Å². The lowest BCUT2D eigenvalue weighted by Crippen LogP contribution is -2.42. The van der Waals surface area contributed by atoms with Crippen molar-refractivity contribution in [2.75, 3.05) is 6.61 Å². The van der Waals surface area contributed by atoms with E-state index in [2.05, 4.69) is 11.4 Å². The number of amides is 1. The second-order valence-corrected chi connectivity index (χ2v) is 7.33. The van der Waals surface area contributed by atoms with Crippen LogP contribution in [-0.2, 0) is 4.79 Å². The molecule has 1 amide bonds. The number of carbonyl (C=O) groups is 1. The molecular formula is C21H25NO3. The normalized spacial score (nSPS) is 18.0. The SMILES string of the molecule is Cc1cccc(OCC(=O)N[C@H]2CC(C)(C)Oc3ccc(C)cc32)c1. The van der Waals surface area contributed by atoms with Gasteiger partial charge < -0.3 is 14.8 Å². The molecule has 0 unspecified atom stereocenters. The third-order valence-electron chi connectivity index (χ3n) is 4.32. The lowest BCUT2D eigenvalue weighted by molar-refractivity contribution is -0.124. The van der Waals surface area contributed by atoms with Crippen molar-refractivity contribution in [3.8, 4) is 11.5 Å². The number of rotatable bonds is 4. The van der Waals surface area contributed by atoms with E-state index in [1.54, 1.807) is 0 Å². The van der Waals surface area contributed by atoms with Crippen molar-refractivity contribution in [2.24, 2.45) is 0 Å². The number of ether oxygens (including phenoxy) is 2. The minimum absolute atomic E-state index is 0.00237. The molecule has 4 nitrogen and oxygen atoms in total. The van der Waals surface area contributed by atoms with E-state index in [1.807, 2.05) is 64.1 Å². The van der Waals surface area contributed by atoms with Gasteiger partial charge in [-0.1, -0.05) is 29.8 Å². The number of hydrogen-bond acceptors (Lipinski definition) is 3. The second-order valence-electron chi connectivity index (χ2n) is 7.33. The van der Waals surface area contributed by atoms with Crippen molar-refractivity contribution < 1.29 is 14.3 Å². The number of fused-ring (bicyclic) bond motifs is 1. The molecule has 4 heteroatoms. The molecule has 0 bridgehead atoms. The van der Waals surface area contributed by atoms with Gasteiger partial charge in [0.15, 0.2) is 6.61 Å². The molecule has 1 N–H and O–H groups in total. The zero-order valence-electron chi connectivity index (χ0n) is 15.3. The summed E-state index contributed by atoms with van der Waals surface area (Å²) in [5.74, 6) is 1.42. The Morgan fingerprint density at radius 1 is 1.20 bits per heavy atom. The van der Waals surface area contributed by atoms with Crippen LogP contribution in [0.3, 0.4) is 0 Å². The molecule has 2 aromatic rings. The minimum Gasteiger partial charge on any atom is -0.487 e. The van der Waals surface area contributed by atoms with E-state index >= 15 is 0 Å². The number of nitrogens with one attached hydrogen (secondary N) is 1. The highest BCUT2D eigenvalue weighted by atomic mass is 16.5. The van der Waals surface area contributed by atoms with Crippen LogP contribution in [0.15, 0.2) is 42.5 Å². The minimum atomic E-state index is -0.322. The molecule has 3 rings (SSSR count). The molecule has 1 aliphatic heterocycles. The van der Waals surface area contributed by atoms with E-state index < -0.39 is 0 Å². The van der Waals surface area contributed by atoms with Gasteiger partial charge in [-0.25, -0.2) is 0 Å². The average molecular weight is 339 g/mol. The van der Waals surface area contributed by atoms with Crippen LogP contribution < -0.4 is 14.8 Å². The molecule has 25 heavy (non-hydrogen) atoms. The van der Waals surface area contributed by atoms with Gasteiger partial charge in [0.25, 0.3) is 5.91 Å². The fraction of sp³-hybridized carbons (Fsp3) is 0.381. The summed E-state index contributed by atoms with van der Waals surface area (Å²) in [5, 5.41) is 3.10. The molecule has 0 spiro atoms. The number of aryl methyl sites for hydroxylation is 2. The van der Waals surface area contributed by atoms with Gasteiger partial charge in [-0.3, -0.25) is 4.79 Å². The molecule has 1 aliphatic rings.